The van der Waals surface area contributed by atoms with Crippen molar-refractivity contribution in [2.45, 2.75) is 12.1 Å². The molecule has 6 heteroatoms. The van der Waals surface area contributed by atoms with Crippen LogP contribution in [0, 0.1) is 0 Å². The number of aliphatic hydroxyl groups is 1. The lowest BCUT2D eigenvalue weighted by molar-refractivity contribution is 0.190. The van der Waals surface area contributed by atoms with Crippen LogP contribution in [0.3, 0.4) is 0 Å². The molecule has 1 saturated heterocycles. The molecule has 0 radical (unpaired) electrons. The van der Waals surface area contributed by atoms with E-state index in [-0.39, 0.29) is 11.5 Å². The monoisotopic (exact) mass is 278 g/mol. The SMILES string of the molecule is O=S1(=O)C[C@H](O)[C@H](Nc2cccc3cccnc23)C1. The van der Waals surface area contributed by atoms with E-state index < -0.39 is 22.0 Å². The summed E-state index contributed by atoms with van der Waals surface area (Å²) < 4.78 is 23.0. The van der Waals surface area contributed by atoms with Crippen LogP contribution in [-0.4, -0.2) is 42.2 Å². The second kappa shape index (κ2) is 4.47. The van der Waals surface area contributed by atoms with Gasteiger partial charge in [0.25, 0.3) is 0 Å². The van der Waals surface area contributed by atoms with Crippen molar-refractivity contribution in [2.24, 2.45) is 0 Å². The van der Waals surface area contributed by atoms with Gasteiger partial charge >= 0.3 is 0 Å². The van der Waals surface area contributed by atoms with E-state index in [2.05, 4.69) is 10.3 Å². The highest BCUT2D eigenvalue weighted by molar-refractivity contribution is 7.91. The van der Waals surface area contributed by atoms with Crippen LogP contribution in [0.4, 0.5) is 5.69 Å². The molecule has 0 bridgehead atoms. The standard InChI is InChI=1S/C13H14N2O3S/c16-12-8-19(17,18)7-11(12)15-10-5-1-3-9-4-2-6-14-13(9)10/h1-6,11-12,15-16H,7-8H2/t11-,12+/m1/s1. The fraction of sp³-hybridized carbons (Fsp3) is 0.308. The third kappa shape index (κ3) is 2.41. The third-order valence-corrected chi connectivity index (χ3v) is 5.01. The number of fused-ring (bicyclic) bond motifs is 1. The van der Waals surface area contributed by atoms with Crippen LogP contribution < -0.4 is 5.32 Å². The van der Waals surface area contributed by atoms with Gasteiger partial charge in [0.15, 0.2) is 9.84 Å². The first kappa shape index (κ1) is 12.4. The number of para-hydroxylation sites is 1. The number of nitrogens with one attached hydrogen (secondary N) is 1. The summed E-state index contributed by atoms with van der Waals surface area (Å²) in [7, 11) is -3.15. The van der Waals surface area contributed by atoms with Gasteiger partial charge in [0.05, 0.1) is 34.9 Å². The van der Waals surface area contributed by atoms with E-state index in [1.165, 1.54) is 0 Å². The Morgan fingerprint density at radius 2 is 2.00 bits per heavy atom. The number of benzene rings is 1. The minimum Gasteiger partial charge on any atom is -0.390 e. The van der Waals surface area contributed by atoms with Crippen molar-refractivity contribution in [1.82, 2.24) is 4.98 Å². The van der Waals surface area contributed by atoms with Crippen LogP contribution in [0.15, 0.2) is 36.5 Å². The molecule has 1 aromatic carbocycles. The number of hydrogen-bond donors (Lipinski definition) is 2. The second-order valence-corrected chi connectivity index (χ2v) is 6.93. The lowest BCUT2D eigenvalue weighted by Crippen LogP contribution is -2.31. The Morgan fingerprint density at radius 3 is 2.74 bits per heavy atom. The van der Waals surface area contributed by atoms with Crippen LogP contribution in [0.25, 0.3) is 10.9 Å². The Hall–Kier alpha value is -1.66. The minimum absolute atomic E-state index is 0.0443. The molecule has 2 atom stereocenters. The number of nitrogens with zero attached hydrogens (tertiary/aromatic N) is 1. The fourth-order valence-electron chi connectivity index (χ4n) is 2.39. The normalized spacial score (nSPS) is 25.5. The summed E-state index contributed by atoms with van der Waals surface area (Å²) in [4.78, 5) is 4.29. The quantitative estimate of drug-likeness (QED) is 0.849. The van der Waals surface area contributed by atoms with Gasteiger partial charge in [-0.05, 0) is 12.1 Å². The third-order valence-electron chi connectivity index (χ3n) is 3.30. The second-order valence-electron chi connectivity index (χ2n) is 4.78. The minimum atomic E-state index is -3.15. The molecule has 2 heterocycles. The van der Waals surface area contributed by atoms with Crippen molar-refractivity contribution in [3.8, 4) is 0 Å². The molecule has 5 nitrogen and oxygen atoms in total. The summed E-state index contributed by atoms with van der Waals surface area (Å²) in [5.41, 5.74) is 1.53. The molecule has 0 spiro atoms. The van der Waals surface area contributed by atoms with Gasteiger partial charge in [-0.3, -0.25) is 4.98 Å². The van der Waals surface area contributed by atoms with Gasteiger partial charge < -0.3 is 10.4 Å². The Morgan fingerprint density at radius 1 is 1.21 bits per heavy atom. The molecule has 3 rings (SSSR count). The Bertz CT molecular complexity index is 709. The smallest absolute Gasteiger partial charge is 0.155 e. The molecule has 19 heavy (non-hydrogen) atoms. The maximum absolute atomic E-state index is 11.5. The average molecular weight is 278 g/mol. The number of pyridine rings is 1. The fourth-order valence-corrected chi connectivity index (χ4v) is 4.13. The van der Waals surface area contributed by atoms with Gasteiger partial charge in [-0.15, -0.1) is 0 Å². The Labute approximate surface area is 111 Å². The summed E-state index contributed by atoms with van der Waals surface area (Å²) in [6.45, 7) is 0. The van der Waals surface area contributed by atoms with Crippen molar-refractivity contribution in [3.05, 3.63) is 36.5 Å². The molecular weight excluding hydrogens is 264 g/mol. The highest BCUT2D eigenvalue weighted by Crippen LogP contribution is 2.24. The van der Waals surface area contributed by atoms with Crippen molar-refractivity contribution in [3.63, 3.8) is 0 Å². The number of aromatic nitrogens is 1. The topological polar surface area (TPSA) is 79.3 Å². The van der Waals surface area contributed by atoms with E-state index in [1.807, 2.05) is 30.3 Å². The Balaban J connectivity index is 1.94. The zero-order valence-electron chi connectivity index (χ0n) is 10.2. The van der Waals surface area contributed by atoms with Gasteiger partial charge in [0.2, 0.25) is 0 Å². The van der Waals surface area contributed by atoms with E-state index in [9.17, 15) is 13.5 Å². The average Bonchev–Trinajstić information content (AvgIpc) is 2.63. The zero-order valence-corrected chi connectivity index (χ0v) is 11.0. The molecule has 0 aliphatic carbocycles. The van der Waals surface area contributed by atoms with E-state index in [0.29, 0.717) is 0 Å². The summed E-state index contributed by atoms with van der Waals surface area (Å²) in [6, 6.07) is 8.97. The van der Waals surface area contributed by atoms with E-state index in [0.717, 1.165) is 16.6 Å². The van der Waals surface area contributed by atoms with Gasteiger partial charge in [-0.25, -0.2) is 8.42 Å². The van der Waals surface area contributed by atoms with Crippen LogP contribution in [-0.2, 0) is 9.84 Å². The summed E-state index contributed by atoms with van der Waals surface area (Å²) in [6.07, 6.45) is 0.818. The molecule has 0 unspecified atom stereocenters. The van der Waals surface area contributed by atoms with Crippen molar-refractivity contribution < 1.29 is 13.5 Å². The lowest BCUT2D eigenvalue weighted by atomic mass is 10.1. The van der Waals surface area contributed by atoms with E-state index >= 15 is 0 Å². The molecule has 1 aliphatic rings. The molecule has 1 fully saturated rings. The predicted molar refractivity (Wildman–Crippen MR) is 73.8 cm³/mol. The molecule has 0 amide bonds. The van der Waals surface area contributed by atoms with E-state index in [1.54, 1.807) is 6.20 Å². The molecule has 2 N–H and O–H groups in total. The molecule has 100 valence electrons. The number of sulfone groups is 1. The van der Waals surface area contributed by atoms with Crippen LogP contribution >= 0.6 is 0 Å². The largest absolute Gasteiger partial charge is 0.390 e. The highest BCUT2D eigenvalue weighted by Gasteiger charge is 2.36. The zero-order chi connectivity index (χ0) is 13.5. The van der Waals surface area contributed by atoms with Gasteiger partial charge in [0.1, 0.15) is 0 Å². The lowest BCUT2D eigenvalue weighted by Gasteiger charge is -2.17. The van der Waals surface area contributed by atoms with E-state index in [4.69, 9.17) is 0 Å². The summed E-state index contributed by atoms with van der Waals surface area (Å²) in [5, 5.41) is 13.9. The summed E-state index contributed by atoms with van der Waals surface area (Å²) in [5.74, 6) is -0.222. The highest BCUT2D eigenvalue weighted by atomic mass is 32.2. The molecule has 1 aliphatic heterocycles. The first-order valence-electron chi connectivity index (χ1n) is 6.04. The maximum Gasteiger partial charge on any atom is 0.155 e. The number of hydrogen-bond acceptors (Lipinski definition) is 5. The predicted octanol–water partition coefficient (Wildman–Crippen LogP) is 0.805. The number of rotatable bonds is 2. The first-order valence-corrected chi connectivity index (χ1v) is 7.86. The summed E-state index contributed by atoms with van der Waals surface area (Å²) >= 11 is 0. The van der Waals surface area contributed by atoms with Gasteiger partial charge in [-0.1, -0.05) is 18.2 Å². The van der Waals surface area contributed by atoms with Crippen LogP contribution in [0.5, 0.6) is 0 Å². The van der Waals surface area contributed by atoms with Crippen molar-refractivity contribution >= 4 is 26.4 Å². The van der Waals surface area contributed by atoms with Crippen LogP contribution in [0.1, 0.15) is 0 Å². The molecule has 0 saturated carbocycles. The number of aliphatic hydroxyl groups excluding tert-OH is 1. The molecule has 2 aromatic rings. The first-order chi connectivity index (χ1) is 9.05. The Kier molecular flexibility index (Phi) is 2.91. The number of anilines is 1. The maximum atomic E-state index is 11.5. The van der Waals surface area contributed by atoms with Gasteiger partial charge in [0, 0.05) is 11.6 Å². The molecular formula is C13H14N2O3S. The van der Waals surface area contributed by atoms with Crippen molar-refractivity contribution in [1.29, 1.82) is 0 Å². The van der Waals surface area contributed by atoms with Crippen molar-refractivity contribution in [2.75, 3.05) is 16.8 Å². The van der Waals surface area contributed by atoms with Gasteiger partial charge in [-0.2, -0.15) is 0 Å². The molecule has 1 aromatic heterocycles. The van der Waals surface area contributed by atoms with Crippen LogP contribution in [0.2, 0.25) is 0 Å².